The van der Waals surface area contributed by atoms with Gasteiger partial charge in [0.15, 0.2) is 0 Å². The Morgan fingerprint density at radius 3 is 2.67 bits per heavy atom. The largest absolute Gasteiger partial charge is 0.494 e. The van der Waals surface area contributed by atoms with Crippen LogP contribution in [0.2, 0.25) is 0 Å². The first-order chi connectivity index (χ1) is 8.67. The van der Waals surface area contributed by atoms with Crippen LogP contribution in [0.1, 0.15) is 13.3 Å². The maximum atomic E-state index is 11.8. The van der Waals surface area contributed by atoms with E-state index in [0.29, 0.717) is 13.0 Å². The summed E-state index contributed by atoms with van der Waals surface area (Å²) in [6, 6.07) is 6.82. The highest BCUT2D eigenvalue weighted by molar-refractivity contribution is 7.98. The molecule has 3 N–H and O–H groups in total. The average molecular weight is 268 g/mol. The number of nitrogens with two attached hydrogens (primary N) is 1. The topological polar surface area (TPSA) is 64.3 Å². The minimum atomic E-state index is -0.455. The van der Waals surface area contributed by atoms with Crippen molar-refractivity contribution in [2.24, 2.45) is 5.73 Å². The minimum absolute atomic E-state index is 0.145. The maximum Gasteiger partial charge on any atom is 0.241 e. The lowest BCUT2D eigenvalue weighted by molar-refractivity contribution is -0.117. The van der Waals surface area contributed by atoms with Crippen molar-refractivity contribution in [1.82, 2.24) is 0 Å². The molecule has 0 radical (unpaired) electrons. The van der Waals surface area contributed by atoms with Crippen LogP contribution >= 0.6 is 11.8 Å². The van der Waals surface area contributed by atoms with Gasteiger partial charge in [-0.25, -0.2) is 0 Å². The number of rotatable bonds is 7. The molecule has 1 amide bonds. The summed E-state index contributed by atoms with van der Waals surface area (Å²) < 4.78 is 5.33. The number of carbonyl (C=O) groups is 1. The number of benzene rings is 1. The van der Waals surface area contributed by atoms with Crippen LogP contribution in [0.5, 0.6) is 5.75 Å². The molecule has 1 aromatic carbocycles. The molecule has 1 aromatic rings. The fourth-order valence-electron chi connectivity index (χ4n) is 1.41. The molecule has 0 aliphatic heterocycles. The molecule has 5 heteroatoms. The number of nitrogens with one attached hydrogen (secondary N) is 1. The maximum absolute atomic E-state index is 11.8. The van der Waals surface area contributed by atoms with Crippen LogP contribution in [0.4, 0.5) is 5.69 Å². The Hall–Kier alpha value is -1.20. The molecule has 0 unspecified atom stereocenters. The standard InChI is InChI=1S/C13H20N2O2S/c1-3-17-11-6-4-10(5-7-11)15-13(16)12(14)8-9-18-2/h4-7,12H,3,8-9,14H2,1-2H3,(H,15,16)/t12-/m0/s1. The van der Waals surface area contributed by atoms with E-state index in [1.54, 1.807) is 11.8 Å². The summed E-state index contributed by atoms with van der Waals surface area (Å²) in [5.74, 6) is 1.54. The third-order valence-electron chi connectivity index (χ3n) is 2.40. The van der Waals surface area contributed by atoms with Gasteiger partial charge in [0.2, 0.25) is 5.91 Å². The summed E-state index contributed by atoms with van der Waals surface area (Å²) in [7, 11) is 0. The molecular weight excluding hydrogens is 248 g/mol. The molecule has 0 aliphatic carbocycles. The SMILES string of the molecule is CCOc1ccc(NC(=O)[C@@H](N)CCSC)cc1. The van der Waals surface area contributed by atoms with E-state index in [-0.39, 0.29) is 5.91 Å². The van der Waals surface area contributed by atoms with Crippen LogP contribution in [0.3, 0.4) is 0 Å². The van der Waals surface area contributed by atoms with Gasteiger partial charge in [-0.15, -0.1) is 0 Å². The lowest BCUT2D eigenvalue weighted by atomic mass is 10.2. The van der Waals surface area contributed by atoms with Gasteiger partial charge in [0.25, 0.3) is 0 Å². The molecule has 0 fully saturated rings. The molecule has 0 spiro atoms. The summed E-state index contributed by atoms with van der Waals surface area (Å²) in [6.45, 7) is 2.56. The smallest absolute Gasteiger partial charge is 0.241 e. The fourth-order valence-corrected chi connectivity index (χ4v) is 1.90. The number of hydrogen-bond donors (Lipinski definition) is 2. The Bertz CT molecular complexity index is 368. The highest BCUT2D eigenvalue weighted by Gasteiger charge is 2.12. The number of hydrogen-bond acceptors (Lipinski definition) is 4. The van der Waals surface area contributed by atoms with E-state index in [4.69, 9.17) is 10.5 Å². The van der Waals surface area contributed by atoms with Crippen molar-refractivity contribution in [3.8, 4) is 5.75 Å². The Kier molecular flexibility index (Phi) is 6.60. The summed E-state index contributed by atoms with van der Waals surface area (Å²) in [5.41, 5.74) is 6.52. The van der Waals surface area contributed by atoms with E-state index in [9.17, 15) is 4.79 Å². The fraction of sp³-hybridized carbons (Fsp3) is 0.462. The lowest BCUT2D eigenvalue weighted by Crippen LogP contribution is -2.36. The van der Waals surface area contributed by atoms with Gasteiger partial charge in [0.1, 0.15) is 5.75 Å². The van der Waals surface area contributed by atoms with Crippen LogP contribution in [0.25, 0.3) is 0 Å². The zero-order chi connectivity index (χ0) is 13.4. The number of carbonyl (C=O) groups excluding carboxylic acids is 1. The predicted octanol–water partition coefficient (Wildman–Crippen LogP) is 2.10. The van der Waals surface area contributed by atoms with Crippen molar-refractivity contribution in [2.45, 2.75) is 19.4 Å². The summed E-state index contributed by atoms with van der Waals surface area (Å²) in [4.78, 5) is 11.8. The third-order valence-corrected chi connectivity index (χ3v) is 3.05. The van der Waals surface area contributed by atoms with Crippen LogP contribution < -0.4 is 15.8 Å². The summed E-state index contributed by atoms with van der Waals surface area (Å²) in [5, 5.41) is 2.79. The normalized spacial score (nSPS) is 11.9. The Morgan fingerprint density at radius 1 is 1.44 bits per heavy atom. The highest BCUT2D eigenvalue weighted by Crippen LogP contribution is 2.15. The molecular formula is C13H20N2O2S. The first kappa shape index (κ1) is 14.9. The van der Waals surface area contributed by atoms with Gasteiger partial charge in [0.05, 0.1) is 12.6 Å². The van der Waals surface area contributed by atoms with Gasteiger partial charge in [-0.3, -0.25) is 4.79 Å². The van der Waals surface area contributed by atoms with Crippen LogP contribution in [0.15, 0.2) is 24.3 Å². The van der Waals surface area contributed by atoms with Gasteiger partial charge in [0, 0.05) is 5.69 Å². The average Bonchev–Trinajstić information content (AvgIpc) is 2.38. The van der Waals surface area contributed by atoms with Gasteiger partial charge in [-0.2, -0.15) is 11.8 Å². The second-order valence-corrected chi connectivity index (χ2v) is 4.82. The lowest BCUT2D eigenvalue weighted by Gasteiger charge is -2.12. The minimum Gasteiger partial charge on any atom is -0.494 e. The van der Waals surface area contributed by atoms with Gasteiger partial charge in [-0.05, 0) is 49.6 Å². The number of ether oxygens (including phenoxy) is 1. The second kappa shape index (κ2) is 8.00. The zero-order valence-corrected chi connectivity index (χ0v) is 11.6. The molecule has 0 saturated heterocycles. The monoisotopic (exact) mass is 268 g/mol. The van der Waals surface area contributed by atoms with E-state index >= 15 is 0 Å². The molecule has 100 valence electrons. The van der Waals surface area contributed by atoms with E-state index in [2.05, 4.69) is 5.32 Å². The third kappa shape index (κ3) is 4.98. The molecule has 0 aliphatic rings. The van der Waals surface area contributed by atoms with Crippen molar-refractivity contribution in [3.63, 3.8) is 0 Å². The molecule has 1 rings (SSSR count). The van der Waals surface area contributed by atoms with Crippen molar-refractivity contribution in [2.75, 3.05) is 23.9 Å². The zero-order valence-electron chi connectivity index (χ0n) is 10.8. The quantitative estimate of drug-likeness (QED) is 0.795. The second-order valence-electron chi connectivity index (χ2n) is 3.83. The predicted molar refractivity (Wildman–Crippen MR) is 77.2 cm³/mol. The first-order valence-electron chi connectivity index (χ1n) is 5.95. The van der Waals surface area contributed by atoms with Crippen LogP contribution in [-0.2, 0) is 4.79 Å². The van der Waals surface area contributed by atoms with E-state index < -0.39 is 6.04 Å². The van der Waals surface area contributed by atoms with Gasteiger partial charge >= 0.3 is 0 Å². The molecule has 18 heavy (non-hydrogen) atoms. The van der Waals surface area contributed by atoms with E-state index in [0.717, 1.165) is 17.2 Å². The van der Waals surface area contributed by atoms with Crippen molar-refractivity contribution in [1.29, 1.82) is 0 Å². The molecule has 1 atom stereocenters. The van der Waals surface area contributed by atoms with E-state index in [1.807, 2.05) is 37.4 Å². The van der Waals surface area contributed by atoms with Crippen molar-refractivity contribution in [3.05, 3.63) is 24.3 Å². The molecule has 0 heterocycles. The van der Waals surface area contributed by atoms with Crippen molar-refractivity contribution >= 4 is 23.4 Å². The Labute approximate surface area is 112 Å². The summed E-state index contributed by atoms with van der Waals surface area (Å²) in [6.07, 6.45) is 2.68. The highest BCUT2D eigenvalue weighted by atomic mass is 32.2. The Balaban J connectivity index is 2.48. The molecule has 4 nitrogen and oxygen atoms in total. The molecule has 0 aromatic heterocycles. The number of anilines is 1. The van der Waals surface area contributed by atoms with Gasteiger partial charge < -0.3 is 15.8 Å². The molecule has 0 bridgehead atoms. The van der Waals surface area contributed by atoms with Crippen LogP contribution in [-0.4, -0.2) is 30.6 Å². The number of thioether (sulfide) groups is 1. The van der Waals surface area contributed by atoms with E-state index in [1.165, 1.54) is 0 Å². The molecule has 0 saturated carbocycles. The van der Waals surface area contributed by atoms with Crippen LogP contribution in [0, 0.1) is 0 Å². The van der Waals surface area contributed by atoms with Crippen molar-refractivity contribution < 1.29 is 9.53 Å². The first-order valence-corrected chi connectivity index (χ1v) is 7.35. The van der Waals surface area contributed by atoms with Gasteiger partial charge in [-0.1, -0.05) is 0 Å². The summed E-state index contributed by atoms with van der Waals surface area (Å²) >= 11 is 1.68. The number of amides is 1. The Morgan fingerprint density at radius 2 is 2.11 bits per heavy atom.